The van der Waals surface area contributed by atoms with Gasteiger partial charge in [0.25, 0.3) is 0 Å². The lowest BCUT2D eigenvalue weighted by atomic mass is 9.99. The van der Waals surface area contributed by atoms with E-state index in [0.717, 1.165) is 45.4 Å². The second kappa shape index (κ2) is 8.63. The molecule has 1 unspecified atom stereocenters. The lowest BCUT2D eigenvalue weighted by Gasteiger charge is -2.18. The maximum absolute atomic E-state index is 12.1. The smallest absolute Gasteiger partial charge is 0.220 e. The molecule has 0 spiro atoms. The highest BCUT2D eigenvalue weighted by Crippen LogP contribution is 2.26. The third kappa shape index (κ3) is 5.05. The minimum Gasteiger partial charge on any atom is -0.356 e. The van der Waals surface area contributed by atoms with Gasteiger partial charge in [0, 0.05) is 32.1 Å². The zero-order valence-corrected chi connectivity index (χ0v) is 14.6. The van der Waals surface area contributed by atoms with Crippen molar-refractivity contribution in [1.29, 1.82) is 0 Å². The van der Waals surface area contributed by atoms with Gasteiger partial charge in [0.15, 0.2) is 0 Å². The molecule has 3 atom stereocenters. The number of nitrogens with one attached hydrogen (secondary N) is 1. The van der Waals surface area contributed by atoms with Crippen molar-refractivity contribution in [3.05, 3.63) is 35.9 Å². The van der Waals surface area contributed by atoms with Gasteiger partial charge in [0.05, 0.1) is 0 Å². The van der Waals surface area contributed by atoms with Gasteiger partial charge in [-0.25, -0.2) is 0 Å². The average Bonchev–Trinajstić information content (AvgIpc) is 3.21. The topological polar surface area (TPSA) is 58.4 Å². The van der Waals surface area contributed by atoms with Crippen LogP contribution >= 0.6 is 0 Å². The first-order valence-electron chi connectivity index (χ1n) is 9.49. The normalized spacial score (nSPS) is 27.5. The van der Waals surface area contributed by atoms with E-state index in [1.807, 2.05) is 0 Å². The molecule has 0 aromatic heterocycles. The molecule has 1 saturated carbocycles. The Labute approximate surface area is 145 Å². The van der Waals surface area contributed by atoms with Crippen molar-refractivity contribution >= 4 is 5.91 Å². The van der Waals surface area contributed by atoms with Gasteiger partial charge >= 0.3 is 0 Å². The average molecular weight is 329 g/mol. The molecule has 2 fully saturated rings. The van der Waals surface area contributed by atoms with E-state index in [1.165, 1.54) is 18.4 Å². The van der Waals surface area contributed by atoms with E-state index in [9.17, 15) is 4.79 Å². The summed E-state index contributed by atoms with van der Waals surface area (Å²) in [5.41, 5.74) is 7.46. The molecule has 0 bridgehead atoms. The molecular weight excluding hydrogens is 298 g/mol. The first-order chi connectivity index (χ1) is 11.7. The van der Waals surface area contributed by atoms with Gasteiger partial charge in [0.1, 0.15) is 0 Å². The standard InChI is InChI=1S/C20H31N3O/c21-19-8-4-7-18(19)13-20(24)22-14-17-10-12-23(15-17)11-9-16-5-2-1-3-6-16/h1-3,5-6,17-19H,4,7-15,21H2,(H,22,24)/t17?,18-,19+/m0/s1. The third-order valence-corrected chi connectivity index (χ3v) is 5.68. The molecule has 1 heterocycles. The molecule has 1 aromatic rings. The van der Waals surface area contributed by atoms with Crippen LogP contribution in [0.5, 0.6) is 0 Å². The van der Waals surface area contributed by atoms with Gasteiger partial charge in [-0.05, 0) is 49.6 Å². The van der Waals surface area contributed by atoms with Crippen LogP contribution < -0.4 is 11.1 Å². The highest BCUT2D eigenvalue weighted by molar-refractivity contribution is 5.76. The summed E-state index contributed by atoms with van der Waals surface area (Å²) in [4.78, 5) is 14.6. The fraction of sp³-hybridized carbons (Fsp3) is 0.650. The van der Waals surface area contributed by atoms with Crippen LogP contribution in [0.4, 0.5) is 0 Å². The maximum atomic E-state index is 12.1. The summed E-state index contributed by atoms with van der Waals surface area (Å²) < 4.78 is 0. The van der Waals surface area contributed by atoms with Crippen molar-refractivity contribution < 1.29 is 4.79 Å². The number of rotatable bonds is 7. The summed E-state index contributed by atoms with van der Waals surface area (Å²) in [6, 6.07) is 10.9. The van der Waals surface area contributed by atoms with Crippen molar-refractivity contribution in [1.82, 2.24) is 10.2 Å². The second-order valence-corrected chi connectivity index (χ2v) is 7.55. The van der Waals surface area contributed by atoms with E-state index in [2.05, 4.69) is 40.5 Å². The largest absolute Gasteiger partial charge is 0.356 e. The minimum atomic E-state index is 0.195. The molecule has 0 radical (unpaired) electrons. The zero-order valence-electron chi connectivity index (χ0n) is 14.6. The van der Waals surface area contributed by atoms with Gasteiger partial charge in [-0.2, -0.15) is 0 Å². The second-order valence-electron chi connectivity index (χ2n) is 7.55. The van der Waals surface area contributed by atoms with Crippen LogP contribution in [-0.4, -0.2) is 43.0 Å². The minimum absolute atomic E-state index is 0.195. The Morgan fingerprint density at radius 3 is 2.79 bits per heavy atom. The van der Waals surface area contributed by atoms with E-state index in [0.29, 0.717) is 18.3 Å². The van der Waals surface area contributed by atoms with Crippen LogP contribution in [-0.2, 0) is 11.2 Å². The summed E-state index contributed by atoms with van der Waals surface area (Å²) in [5.74, 6) is 1.19. The molecule has 1 amide bonds. The van der Waals surface area contributed by atoms with E-state index in [4.69, 9.17) is 5.73 Å². The van der Waals surface area contributed by atoms with E-state index in [1.54, 1.807) is 0 Å². The number of nitrogens with zero attached hydrogens (tertiary/aromatic N) is 1. The lowest BCUT2D eigenvalue weighted by molar-refractivity contribution is -0.122. The van der Waals surface area contributed by atoms with Gasteiger partial charge < -0.3 is 16.0 Å². The molecule has 2 aliphatic rings. The molecule has 132 valence electrons. The molecule has 1 saturated heterocycles. The Morgan fingerprint density at radius 1 is 1.21 bits per heavy atom. The van der Waals surface area contributed by atoms with Crippen LogP contribution in [0.2, 0.25) is 0 Å². The van der Waals surface area contributed by atoms with Crippen LogP contribution in [0.3, 0.4) is 0 Å². The first kappa shape index (κ1) is 17.4. The van der Waals surface area contributed by atoms with Crippen LogP contribution in [0.25, 0.3) is 0 Å². The molecule has 4 nitrogen and oxygen atoms in total. The first-order valence-corrected chi connectivity index (χ1v) is 9.49. The fourth-order valence-corrected chi connectivity index (χ4v) is 4.10. The summed E-state index contributed by atoms with van der Waals surface area (Å²) in [7, 11) is 0. The number of nitrogens with two attached hydrogens (primary N) is 1. The molecule has 1 aromatic carbocycles. The Bertz CT molecular complexity index is 519. The van der Waals surface area contributed by atoms with Gasteiger partial charge in [0.2, 0.25) is 5.91 Å². The molecule has 3 N–H and O–H groups in total. The summed E-state index contributed by atoms with van der Waals surface area (Å²) in [6.07, 6.45) is 6.30. The molecule has 1 aliphatic carbocycles. The SMILES string of the molecule is N[C@@H]1CCC[C@H]1CC(=O)NCC1CCN(CCc2ccccc2)C1. The van der Waals surface area contributed by atoms with Crippen LogP contribution in [0, 0.1) is 11.8 Å². The third-order valence-electron chi connectivity index (χ3n) is 5.68. The Balaban J connectivity index is 1.32. The predicted molar refractivity (Wildman–Crippen MR) is 97.6 cm³/mol. The quantitative estimate of drug-likeness (QED) is 0.806. The van der Waals surface area contributed by atoms with Crippen LogP contribution in [0.1, 0.15) is 37.7 Å². The Kier molecular flexibility index (Phi) is 6.27. The summed E-state index contributed by atoms with van der Waals surface area (Å²) >= 11 is 0. The number of benzene rings is 1. The molecule has 1 aliphatic heterocycles. The van der Waals surface area contributed by atoms with Crippen molar-refractivity contribution in [2.75, 3.05) is 26.2 Å². The maximum Gasteiger partial charge on any atom is 0.220 e. The lowest BCUT2D eigenvalue weighted by Crippen LogP contribution is -2.34. The molecule has 24 heavy (non-hydrogen) atoms. The van der Waals surface area contributed by atoms with Gasteiger partial charge in [-0.3, -0.25) is 4.79 Å². The van der Waals surface area contributed by atoms with E-state index in [-0.39, 0.29) is 11.9 Å². The number of hydrogen-bond acceptors (Lipinski definition) is 3. The van der Waals surface area contributed by atoms with Crippen molar-refractivity contribution in [3.63, 3.8) is 0 Å². The molecule has 4 heteroatoms. The fourth-order valence-electron chi connectivity index (χ4n) is 4.10. The zero-order chi connectivity index (χ0) is 16.8. The number of hydrogen-bond donors (Lipinski definition) is 2. The molecule has 3 rings (SSSR count). The summed E-state index contributed by atoms with van der Waals surface area (Å²) in [6.45, 7) is 4.20. The highest BCUT2D eigenvalue weighted by Gasteiger charge is 2.27. The van der Waals surface area contributed by atoms with Crippen molar-refractivity contribution in [3.8, 4) is 0 Å². The van der Waals surface area contributed by atoms with Gasteiger partial charge in [-0.15, -0.1) is 0 Å². The number of carbonyl (C=O) groups excluding carboxylic acids is 1. The monoisotopic (exact) mass is 329 g/mol. The Hall–Kier alpha value is -1.39. The Morgan fingerprint density at radius 2 is 2.04 bits per heavy atom. The van der Waals surface area contributed by atoms with Crippen molar-refractivity contribution in [2.45, 2.75) is 44.6 Å². The molecular formula is C20H31N3O. The van der Waals surface area contributed by atoms with E-state index >= 15 is 0 Å². The summed E-state index contributed by atoms with van der Waals surface area (Å²) in [5, 5.41) is 3.15. The number of carbonyl (C=O) groups is 1. The van der Waals surface area contributed by atoms with E-state index < -0.39 is 0 Å². The highest BCUT2D eigenvalue weighted by atomic mass is 16.1. The number of amides is 1. The van der Waals surface area contributed by atoms with Crippen LogP contribution in [0.15, 0.2) is 30.3 Å². The van der Waals surface area contributed by atoms with Crippen molar-refractivity contribution in [2.24, 2.45) is 17.6 Å². The number of likely N-dealkylation sites (tertiary alicyclic amines) is 1. The van der Waals surface area contributed by atoms with Gasteiger partial charge in [-0.1, -0.05) is 36.8 Å². The predicted octanol–water partition coefficient (Wildman–Crippen LogP) is 2.18.